The van der Waals surface area contributed by atoms with Gasteiger partial charge in [-0.2, -0.15) is 0 Å². The van der Waals surface area contributed by atoms with Gasteiger partial charge in [-0.3, -0.25) is 14.5 Å². The molecule has 170 valence electrons. The number of fused-ring (bicyclic) bond motifs is 1. The van der Waals surface area contributed by atoms with E-state index in [4.69, 9.17) is 4.74 Å². The van der Waals surface area contributed by atoms with E-state index in [1.807, 2.05) is 4.90 Å². The molecule has 1 aromatic rings. The number of amides is 2. The van der Waals surface area contributed by atoms with Gasteiger partial charge in [-0.15, -0.1) is 0 Å². The third kappa shape index (κ3) is 5.05. The van der Waals surface area contributed by atoms with Crippen molar-refractivity contribution in [1.82, 2.24) is 19.8 Å². The summed E-state index contributed by atoms with van der Waals surface area (Å²) in [5.41, 5.74) is 0. The largest absolute Gasteiger partial charge is 0.378 e. The highest BCUT2D eigenvalue weighted by molar-refractivity contribution is 7.89. The van der Waals surface area contributed by atoms with Crippen LogP contribution in [0.25, 0.3) is 0 Å². The summed E-state index contributed by atoms with van der Waals surface area (Å²) in [6.07, 6.45) is 1.31. The van der Waals surface area contributed by atoms with E-state index in [0.717, 1.165) is 12.1 Å². The Labute approximate surface area is 181 Å². The molecule has 3 fully saturated rings. The second kappa shape index (κ2) is 9.19. The van der Waals surface area contributed by atoms with Crippen molar-refractivity contribution in [3.8, 4) is 0 Å². The van der Waals surface area contributed by atoms with Crippen LogP contribution in [0.2, 0.25) is 0 Å². The van der Waals surface area contributed by atoms with Gasteiger partial charge < -0.3 is 15.0 Å². The standard InChI is InChI=1S/C20H27FN4O5S/c21-14-1-4-17(5-2-14)31(28,29)23-15-11-18-20(27)22-12-16(25(18)13-15)3-6-19(26)24-7-9-30-10-8-24/h1-2,4-5,15-16,18,23H,3,6-13H2,(H,22,27). The van der Waals surface area contributed by atoms with Gasteiger partial charge in [-0.25, -0.2) is 17.5 Å². The maximum atomic E-state index is 13.1. The van der Waals surface area contributed by atoms with Gasteiger partial charge in [0.25, 0.3) is 0 Å². The Hall–Kier alpha value is -2.08. The number of morpholine rings is 1. The zero-order chi connectivity index (χ0) is 22.0. The van der Waals surface area contributed by atoms with Crippen molar-refractivity contribution >= 4 is 21.8 Å². The Morgan fingerprint density at radius 2 is 1.94 bits per heavy atom. The van der Waals surface area contributed by atoms with Crippen molar-refractivity contribution < 1.29 is 27.1 Å². The molecule has 3 atom stereocenters. The van der Waals surface area contributed by atoms with Crippen molar-refractivity contribution in [2.24, 2.45) is 0 Å². The fourth-order valence-corrected chi connectivity index (χ4v) is 5.73. The highest BCUT2D eigenvalue weighted by atomic mass is 32.2. The second-order valence-electron chi connectivity index (χ2n) is 8.15. The first-order valence-electron chi connectivity index (χ1n) is 10.5. The van der Waals surface area contributed by atoms with E-state index in [9.17, 15) is 22.4 Å². The average molecular weight is 455 g/mol. The number of carbonyl (C=O) groups is 2. The van der Waals surface area contributed by atoms with Crippen molar-refractivity contribution in [1.29, 1.82) is 0 Å². The molecule has 0 bridgehead atoms. The maximum Gasteiger partial charge on any atom is 0.240 e. The number of nitrogens with one attached hydrogen (secondary N) is 2. The van der Waals surface area contributed by atoms with Gasteiger partial charge in [0, 0.05) is 44.7 Å². The predicted molar refractivity (Wildman–Crippen MR) is 109 cm³/mol. The number of sulfonamides is 1. The van der Waals surface area contributed by atoms with Gasteiger partial charge >= 0.3 is 0 Å². The molecule has 0 aromatic heterocycles. The Morgan fingerprint density at radius 1 is 1.23 bits per heavy atom. The van der Waals surface area contributed by atoms with Crippen LogP contribution >= 0.6 is 0 Å². The van der Waals surface area contributed by atoms with Gasteiger partial charge in [0.2, 0.25) is 21.8 Å². The third-order valence-electron chi connectivity index (χ3n) is 6.12. The van der Waals surface area contributed by atoms with E-state index in [0.29, 0.717) is 58.7 Å². The summed E-state index contributed by atoms with van der Waals surface area (Å²) in [5, 5.41) is 2.88. The molecule has 0 spiro atoms. The van der Waals surface area contributed by atoms with Crippen LogP contribution in [0.3, 0.4) is 0 Å². The van der Waals surface area contributed by atoms with Gasteiger partial charge in [0.15, 0.2) is 0 Å². The summed E-state index contributed by atoms with van der Waals surface area (Å²) in [4.78, 5) is 28.6. The lowest BCUT2D eigenvalue weighted by Gasteiger charge is -2.37. The monoisotopic (exact) mass is 454 g/mol. The molecule has 11 heteroatoms. The molecule has 3 aliphatic rings. The smallest absolute Gasteiger partial charge is 0.240 e. The van der Waals surface area contributed by atoms with E-state index in [1.165, 1.54) is 12.1 Å². The van der Waals surface area contributed by atoms with Crippen LogP contribution in [0.4, 0.5) is 4.39 Å². The van der Waals surface area contributed by atoms with Gasteiger partial charge in [-0.05, 0) is 37.1 Å². The van der Waals surface area contributed by atoms with Crippen LogP contribution in [0.5, 0.6) is 0 Å². The number of hydrogen-bond acceptors (Lipinski definition) is 6. The molecule has 9 nitrogen and oxygen atoms in total. The molecule has 3 saturated heterocycles. The van der Waals surface area contributed by atoms with E-state index < -0.39 is 27.9 Å². The fourth-order valence-electron chi connectivity index (χ4n) is 4.49. The number of carbonyl (C=O) groups excluding carboxylic acids is 2. The fraction of sp³-hybridized carbons (Fsp3) is 0.600. The number of piperazine rings is 1. The molecule has 3 heterocycles. The van der Waals surface area contributed by atoms with E-state index >= 15 is 0 Å². The van der Waals surface area contributed by atoms with E-state index in [1.54, 1.807) is 4.90 Å². The number of ether oxygens (including phenoxy) is 1. The lowest BCUT2D eigenvalue weighted by atomic mass is 10.0. The molecule has 0 aliphatic carbocycles. The minimum Gasteiger partial charge on any atom is -0.378 e. The van der Waals surface area contributed by atoms with E-state index in [2.05, 4.69) is 10.0 Å². The summed E-state index contributed by atoms with van der Waals surface area (Å²) in [6, 6.07) is 3.72. The first-order chi connectivity index (χ1) is 14.8. The first kappa shape index (κ1) is 22.1. The molecule has 2 amide bonds. The third-order valence-corrected chi connectivity index (χ3v) is 7.66. The molecular formula is C20H27FN4O5S. The summed E-state index contributed by atoms with van der Waals surface area (Å²) in [6.45, 7) is 3.11. The Morgan fingerprint density at radius 3 is 2.65 bits per heavy atom. The summed E-state index contributed by atoms with van der Waals surface area (Å²) >= 11 is 0. The zero-order valence-electron chi connectivity index (χ0n) is 17.1. The number of nitrogens with zero attached hydrogens (tertiary/aromatic N) is 2. The molecule has 3 aliphatic heterocycles. The number of rotatable bonds is 6. The van der Waals surface area contributed by atoms with Crippen LogP contribution in [0, 0.1) is 5.82 Å². The van der Waals surface area contributed by atoms with Gasteiger partial charge in [0.1, 0.15) is 5.82 Å². The second-order valence-corrected chi connectivity index (χ2v) is 9.87. The molecule has 4 rings (SSSR count). The number of halogens is 1. The molecule has 31 heavy (non-hydrogen) atoms. The lowest BCUT2D eigenvalue weighted by Crippen LogP contribution is -2.58. The van der Waals surface area contributed by atoms with Crippen molar-refractivity contribution in [3.63, 3.8) is 0 Å². The minimum atomic E-state index is -3.83. The molecule has 1 aromatic carbocycles. The van der Waals surface area contributed by atoms with Crippen LogP contribution < -0.4 is 10.0 Å². The van der Waals surface area contributed by atoms with Crippen molar-refractivity contribution in [2.75, 3.05) is 39.4 Å². The SMILES string of the molecule is O=C1NCC(CCC(=O)N2CCOCC2)N2CC(NS(=O)(=O)c3ccc(F)cc3)CC12. The van der Waals surface area contributed by atoms with Crippen molar-refractivity contribution in [3.05, 3.63) is 30.1 Å². The summed E-state index contributed by atoms with van der Waals surface area (Å²) in [5.74, 6) is -0.563. The molecule has 0 radical (unpaired) electrons. The average Bonchev–Trinajstić information content (AvgIpc) is 3.18. The normalized spacial score (nSPS) is 27.1. The predicted octanol–water partition coefficient (Wildman–Crippen LogP) is -0.316. The maximum absolute atomic E-state index is 13.1. The zero-order valence-corrected chi connectivity index (χ0v) is 17.9. The number of hydrogen-bond donors (Lipinski definition) is 2. The Kier molecular flexibility index (Phi) is 6.56. The van der Waals surface area contributed by atoms with Crippen LogP contribution in [0.15, 0.2) is 29.2 Å². The lowest BCUT2D eigenvalue weighted by molar-refractivity contribution is -0.136. The molecule has 0 saturated carbocycles. The van der Waals surface area contributed by atoms with Gasteiger partial charge in [-0.1, -0.05) is 0 Å². The molecular weight excluding hydrogens is 427 g/mol. The van der Waals surface area contributed by atoms with Crippen LogP contribution in [0.1, 0.15) is 19.3 Å². The summed E-state index contributed by atoms with van der Waals surface area (Å²) in [7, 11) is -3.83. The molecule has 3 unspecified atom stereocenters. The van der Waals surface area contributed by atoms with Crippen LogP contribution in [-0.2, 0) is 24.3 Å². The van der Waals surface area contributed by atoms with E-state index in [-0.39, 0.29) is 22.8 Å². The minimum absolute atomic E-state index is 0.0177. The van der Waals surface area contributed by atoms with Gasteiger partial charge in [0.05, 0.1) is 24.2 Å². The topological polar surface area (TPSA) is 108 Å². The number of benzene rings is 1. The molecule has 2 N–H and O–H groups in total. The summed E-state index contributed by atoms with van der Waals surface area (Å²) < 4.78 is 46.3. The highest BCUT2D eigenvalue weighted by Crippen LogP contribution is 2.27. The highest BCUT2D eigenvalue weighted by Gasteiger charge is 2.44. The Bertz CT molecular complexity index is 920. The quantitative estimate of drug-likeness (QED) is 0.610. The van der Waals surface area contributed by atoms with Crippen molar-refractivity contribution in [2.45, 2.75) is 42.3 Å². The first-order valence-corrected chi connectivity index (χ1v) is 12.0. The van der Waals surface area contributed by atoms with Crippen LogP contribution in [-0.4, -0.2) is 87.6 Å². The Balaban J connectivity index is 1.37.